The van der Waals surface area contributed by atoms with Crippen LogP contribution in [0.1, 0.15) is 106 Å². The molecule has 4 amide bonds. The monoisotopic (exact) mass is 486 g/mol. The fourth-order valence-electron chi connectivity index (χ4n) is 6.51. The number of carbonyl (C=O) groups excluding carboxylic acids is 4. The number of fused-ring (bicyclic) bond motifs is 2. The lowest BCUT2D eigenvalue weighted by Gasteiger charge is -2.35. The Hall–Kier alpha value is -3.48. The summed E-state index contributed by atoms with van der Waals surface area (Å²) in [5, 5.41) is 2.26. The van der Waals surface area contributed by atoms with Crippen molar-refractivity contribution in [1.82, 2.24) is 10.2 Å². The van der Waals surface area contributed by atoms with Crippen molar-refractivity contribution in [3.8, 4) is 11.5 Å². The van der Waals surface area contributed by atoms with Crippen LogP contribution in [-0.2, 0) is 0 Å². The quantitative estimate of drug-likeness (QED) is 0.565. The Morgan fingerprint density at radius 3 is 1.97 bits per heavy atom. The maximum Gasteiger partial charge on any atom is 0.261 e. The van der Waals surface area contributed by atoms with Crippen molar-refractivity contribution in [2.45, 2.75) is 70.3 Å². The maximum atomic E-state index is 13.3. The van der Waals surface area contributed by atoms with E-state index in [-0.39, 0.29) is 23.4 Å². The highest BCUT2D eigenvalue weighted by atomic mass is 16.5. The second-order valence-electron chi connectivity index (χ2n) is 10.7. The third-order valence-corrected chi connectivity index (χ3v) is 8.41. The summed E-state index contributed by atoms with van der Waals surface area (Å²) < 4.78 is 5.89. The summed E-state index contributed by atoms with van der Waals surface area (Å²) >= 11 is 0. The number of nitrogens with one attached hydrogen (secondary N) is 1. The van der Waals surface area contributed by atoms with Crippen molar-refractivity contribution in [1.29, 1.82) is 0 Å². The Morgan fingerprint density at radius 2 is 1.25 bits per heavy atom. The summed E-state index contributed by atoms with van der Waals surface area (Å²) in [6.45, 7) is 0. The fourth-order valence-corrected chi connectivity index (χ4v) is 6.51. The second kappa shape index (κ2) is 9.19. The lowest BCUT2D eigenvalue weighted by molar-refractivity contribution is 0.0521. The number of ether oxygens (including phenoxy) is 1. The average Bonchev–Trinajstić information content (AvgIpc) is 3.31. The number of rotatable bonds is 5. The highest BCUT2D eigenvalue weighted by Gasteiger charge is 2.41. The Balaban J connectivity index is 1.13. The van der Waals surface area contributed by atoms with E-state index in [0.29, 0.717) is 34.1 Å². The van der Waals surface area contributed by atoms with Gasteiger partial charge >= 0.3 is 0 Å². The van der Waals surface area contributed by atoms with Gasteiger partial charge in [0.2, 0.25) is 0 Å². The zero-order valence-electron chi connectivity index (χ0n) is 20.3. The molecular formula is C29H30N2O5. The van der Waals surface area contributed by atoms with Gasteiger partial charge in [-0.2, -0.15) is 0 Å². The van der Waals surface area contributed by atoms with Crippen molar-refractivity contribution < 1.29 is 23.9 Å². The van der Waals surface area contributed by atoms with Gasteiger partial charge < -0.3 is 4.74 Å². The molecule has 7 heteroatoms. The number of amides is 4. The van der Waals surface area contributed by atoms with E-state index in [2.05, 4.69) is 5.32 Å². The first-order chi connectivity index (χ1) is 17.5. The van der Waals surface area contributed by atoms with Crippen LogP contribution in [0.2, 0.25) is 0 Å². The normalized spacial score (nSPS) is 24.1. The molecule has 0 unspecified atom stereocenters. The molecule has 0 saturated heterocycles. The molecule has 0 spiro atoms. The predicted molar refractivity (Wildman–Crippen MR) is 132 cm³/mol. The number of nitrogens with zero attached hydrogens (tertiary/aromatic N) is 1. The Bertz CT molecular complexity index is 1250. The van der Waals surface area contributed by atoms with Crippen molar-refractivity contribution in [3.05, 3.63) is 58.7 Å². The fraction of sp³-hybridized carbons (Fsp3) is 0.448. The molecule has 4 aliphatic rings. The van der Waals surface area contributed by atoms with Gasteiger partial charge in [-0.25, -0.2) is 0 Å². The van der Waals surface area contributed by atoms with Crippen LogP contribution in [-0.4, -0.2) is 34.6 Å². The first-order valence-electron chi connectivity index (χ1n) is 13.2. The zero-order valence-corrected chi connectivity index (χ0v) is 20.3. The third kappa shape index (κ3) is 4.10. The zero-order chi connectivity index (χ0) is 24.8. The lowest BCUT2D eigenvalue weighted by atomic mass is 9.76. The number of imide groups is 2. The molecule has 0 bridgehead atoms. The summed E-state index contributed by atoms with van der Waals surface area (Å²) in [7, 11) is 0. The molecule has 2 aliphatic carbocycles. The van der Waals surface area contributed by atoms with E-state index in [0.717, 1.165) is 31.6 Å². The van der Waals surface area contributed by atoms with Gasteiger partial charge in [0.25, 0.3) is 23.6 Å². The number of hydrogen-bond acceptors (Lipinski definition) is 5. The van der Waals surface area contributed by atoms with E-state index in [1.165, 1.54) is 49.5 Å². The minimum absolute atomic E-state index is 0.0443. The highest BCUT2D eigenvalue weighted by Crippen LogP contribution is 2.39. The molecule has 0 aromatic heterocycles. The first kappa shape index (κ1) is 23.0. The van der Waals surface area contributed by atoms with Crippen LogP contribution in [0.15, 0.2) is 36.4 Å². The smallest absolute Gasteiger partial charge is 0.261 e. The van der Waals surface area contributed by atoms with Crippen molar-refractivity contribution in [3.63, 3.8) is 0 Å². The van der Waals surface area contributed by atoms with Crippen molar-refractivity contribution >= 4 is 23.6 Å². The van der Waals surface area contributed by atoms with Crippen LogP contribution < -0.4 is 10.1 Å². The van der Waals surface area contributed by atoms with E-state index in [1.54, 1.807) is 30.3 Å². The standard InChI is InChI=1S/C29H30N2O5/c32-26-22-12-10-20(15-24(22)27(33)30-26)36-21-11-13-23-25(16-21)29(35)31(28(23)34)19-8-6-18(7-9-19)14-17-4-2-1-3-5-17/h10-13,15-19H,1-9,14H2,(H,30,32,33). The molecule has 6 rings (SSSR count). The van der Waals surface area contributed by atoms with Crippen LogP contribution >= 0.6 is 0 Å². The minimum Gasteiger partial charge on any atom is -0.457 e. The molecule has 2 heterocycles. The van der Waals surface area contributed by atoms with E-state index < -0.39 is 11.8 Å². The van der Waals surface area contributed by atoms with Gasteiger partial charge in [0.05, 0.1) is 22.3 Å². The average molecular weight is 487 g/mol. The Labute approximate surface area is 210 Å². The summed E-state index contributed by atoms with van der Waals surface area (Å²) in [5.74, 6) is 0.995. The van der Waals surface area contributed by atoms with Crippen LogP contribution in [0.4, 0.5) is 0 Å². The molecule has 2 aromatic carbocycles. The molecule has 7 nitrogen and oxygen atoms in total. The van der Waals surface area contributed by atoms with Crippen LogP contribution in [0, 0.1) is 11.8 Å². The van der Waals surface area contributed by atoms with Gasteiger partial charge in [-0.1, -0.05) is 32.1 Å². The Kier molecular flexibility index (Phi) is 5.86. The van der Waals surface area contributed by atoms with Gasteiger partial charge in [-0.05, 0) is 80.3 Å². The van der Waals surface area contributed by atoms with E-state index in [9.17, 15) is 19.2 Å². The molecule has 2 fully saturated rings. The number of hydrogen-bond donors (Lipinski definition) is 1. The third-order valence-electron chi connectivity index (χ3n) is 8.41. The second-order valence-corrected chi connectivity index (χ2v) is 10.7. The van der Waals surface area contributed by atoms with Crippen LogP contribution in [0.5, 0.6) is 11.5 Å². The first-order valence-corrected chi connectivity index (χ1v) is 13.2. The van der Waals surface area contributed by atoms with E-state index in [4.69, 9.17) is 4.74 Å². The van der Waals surface area contributed by atoms with Gasteiger partial charge in [-0.3, -0.25) is 29.4 Å². The maximum absolute atomic E-state index is 13.3. The van der Waals surface area contributed by atoms with Gasteiger partial charge in [0.15, 0.2) is 0 Å². The number of carbonyl (C=O) groups is 4. The highest BCUT2D eigenvalue weighted by molar-refractivity contribution is 6.22. The molecular weight excluding hydrogens is 456 g/mol. The topological polar surface area (TPSA) is 92.8 Å². The van der Waals surface area contributed by atoms with E-state index >= 15 is 0 Å². The number of benzene rings is 2. The molecule has 2 saturated carbocycles. The van der Waals surface area contributed by atoms with Gasteiger partial charge in [-0.15, -0.1) is 0 Å². The molecule has 0 radical (unpaired) electrons. The SMILES string of the molecule is O=C1NC(=O)c2cc(Oc3ccc4c(c3)C(=O)N(C3CCC(CC5CCCCC5)CC3)C4=O)ccc21. The predicted octanol–water partition coefficient (Wildman–Crippen LogP) is 5.49. The molecule has 2 aromatic rings. The van der Waals surface area contributed by atoms with E-state index in [1.807, 2.05) is 0 Å². The summed E-state index contributed by atoms with van der Waals surface area (Å²) in [4.78, 5) is 51.6. The van der Waals surface area contributed by atoms with Crippen LogP contribution in [0.25, 0.3) is 0 Å². The van der Waals surface area contributed by atoms with Crippen molar-refractivity contribution in [2.24, 2.45) is 11.8 Å². The molecule has 2 aliphatic heterocycles. The van der Waals surface area contributed by atoms with Crippen molar-refractivity contribution in [2.75, 3.05) is 0 Å². The molecule has 36 heavy (non-hydrogen) atoms. The summed E-state index contributed by atoms with van der Waals surface area (Å²) in [5.41, 5.74) is 1.34. The molecule has 1 N–H and O–H groups in total. The summed E-state index contributed by atoms with van der Waals surface area (Å²) in [6, 6.07) is 9.51. The van der Waals surface area contributed by atoms with Gasteiger partial charge in [0.1, 0.15) is 11.5 Å². The lowest BCUT2D eigenvalue weighted by Crippen LogP contribution is -2.42. The Morgan fingerprint density at radius 1 is 0.667 bits per heavy atom. The van der Waals surface area contributed by atoms with Crippen LogP contribution in [0.3, 0.4) is 0 Å². The largest absolute Gasteiger partial charge is 0.457 e. The molecule has 186 valence electrons. The van der Waals surface area contributed by atoms with Gasteiger partial charge in [0, 0.05) is 6.04 Å². The summed E-state index contributed by atoms with van der Waals surface area (Å²) in [6.07, 6.45) is 12.0. The minimum atomic E-state index is -0.459. The molecule has 0 atom stereocenters.